The van der Waals surface area contributed by atoms with E-state index in [1.807, 2.05) is 6.92 Å². The number of carbonyl (C=O) groups excluding carboxylic acids is 3. The Morgan fingerprint density at radius 3 is 2.67 bits per heavy atom. The molecular weight excluding hydrogens is 292 g/mol. The second-order valence-electron chi connectivity index (χ2n) is 4.91. The quantitative estimate of drug-likeness (QED) is 0.647. The van der Waals surface area contributed by atoms with Crippen molar-refractivity contribution < 1.29 is 14.4 Å². The van der Waals surface area contributed by atoms with Gasteiger partial charge in [0.15, 0.2) is 0 Å². The van der Waals surface area contributed by atoms with Crippen LogP contribution in [0.1, 0.15) is 46.9 Å². The molecule has 1 aliphatic heterocycles. The SMILES string of the molecule is CCCCNC(=O)CCN1C(=O)c2ccc(Cl)cc2C1=O. The van der Waals surface area contributed by atoms with Crippen LogP contribution in [0.5, 0.6) is 0 Å². The highest BCUT2D eigenvalue weighted by Gasteiger charge is 2.35. The number of rotatable bonds is 6. The molecule has 0 radical (unpaired) electrons. The lowest BCUT2D eigenvalue weighted by molar-refractivity contribution is -0.121. The highest BCUT2D eigenvalue weighted by Crippen LogP contribution is 2.25. The molecule has 0 bridgehead atoms. The third-order valence-electron chi connectivity index (χ3n) is 3.35. The summed E-state index contributed by atoms with van der Waals surface area (Å²) in [6, 6.07) is 4.60. The van der Waals surface area contributed by atoms with Gasteiger partial charge in [0.25, 0.3) is 11.8 Å². The highest BCUT2D eigenvalue weighted by molar-refractivity contribution is 6.32. The van der Waals surface area contributed by atoms with Crippen LogP contribution in [0.4, 0.5) is 0 Å². The number of amides is 3. The number of hydrogen-bond donors (Lipinski definition) is 1. The third-order valence-corrected chi connectivity index (χ3v) is 3.58. The predicted molar refractivity (Wildman–Crippen MR) is 79.4 cm³/mol. The summed E-state index contributed by atoms with van der Waals surface area (Å²) in [5, 5.41) is 3.17. The van der Waals surface area contributed by atoms with Gasteiger partial charge in [-0.25, -0.2) is 0 Å². The van der Waals surface area contributed by atoms with E-state index in [0.717, 1.165) is 17.7 Å². The van der Waals surface area contributed by atoms with Crippen LogP contribution in [0, 0.1) is 0 Å². The molecule has 0 atom stereocenters. The van der Waals surface area contributed by atoms with Gasteiger partial charge in [-0.05, 0) is 24.6 Å². The van der Waals surface area contributed by atoms with Crippen molar-refractivity contribution in [1.82, 2.24) is 10.2 Å². The van der Waals surface area contributed by atoms with Crippen molar-refractivity contribution in [3.05, 3.63) is 34.3 Å². The van der Waals surface area contributed by atoms with E-state index in [4.69, 9.17) is 11.6 Å². The summed E-state index contributed by atoms with van der Waals surface area (Å²) in [6.07, 6.45) is 2.03. The summed E-state index contributed by atoms with van der Waals surface area (Å²) in [7, 11) is 0. The van der Waals surface area contributed by atoms with Crippen molar-refractivity contribution in [2.24, 2.45) is 0 Å². The maximum absolute atomic E-state index is 12.1. The molecule has 1 aromatic rings. The van der Waals surface area contributed by atoms with E-state index in [9.17, 15) is 14.4 Å². The van der Waals surface area contributed by atoms with Crippen LogP contribution in [0.15, 0.2) is 18.2 Å². The minimum Gasteiger partial charge on any atom is -0.356 e. The second-order valence-corrected chi connectivity index (χ2v) is 5.34. The number of carbonyl (C=O) groups is 3. The van der Waals surface area contributed by atoms with E-state index in [2.05, 4.69) is 5.32 Å². The van der Waals surface area contributed by atoms with Crippen LogP contribution in [0.25, 0.3) is 0 Å². The highest BCUT2D eigenvalue weighted by atomic mass is 35.5. The molecule has 3 amide bonds. The number of imide groups is 1. The fourth-order valence-electron chi connectivity index (χ4n) is 2.17. The molecular formula is C15H17ClN2O3. The molecule has 0 saturated carbocycles. The topological polar surface area (TPSA) is 66.5 Å². The molecule has 0 fully saturated rings. The van der Waals surface area contributed by atoms with E-state index in [1.165, 1.54) is 6.07 Å². The van der Waals surface area contributed by atoms with Crippen molar-refractivity contribution >= 4 is 29.3 Å². The molecule has 112 valence electrons. The molecule has 0 spiro atoms. The molecule has 1 aliphatic rings. The zero-order valence-electron chi connectivity index (χ0n) is 11.8. The van der Waals surface area contributed by atoms with E-state index in [0.29, 0.717) is 22.7 Å². The van der Waals surface area contributed by atoms with Gasteiger partial charge >= 0.3 is 0 Å². The molecule has 0 aromatic heterocycles. The van der Waals surface area contributed by atoms with E-state index in [-0.39, 0.29) is 30.7 Å². The summed E-state index contributed by atoms with van der Waals surface area (Å²) < 4.78 is 0. The number of unbranched alkanes of at least 4 members (excludes halogenated alkanes) is 1. The summed E-state index contributed by atoms with van der Waals surface area (Å²) in [5.41, 5.74) is 0.648. The first-order valence-corrected chi connectivity index (χ1v) is 7.35. The summed E-state index contributed by atoms with van der Waals surface area (Å²) in [6.45, 7) is 2.74. The van der Waals surface area contributed by atoms with E-state index >= 15 is 0 Å². The molecule has 5 nitrogen and oxygen atoms in total. The van der Waals surface area contributed by atoms with Crippen LogP contribution < -0.4 is 5.32 Å². The Bertz CT molecular complexity index is 586. The predicted octanol–water partition coefficient (Wildman–Crippen LogP) is 2.24. The fraction of sp³-hybridized carbons (Fsp3) is 0.400. The van der Waals surface area contributed by atoms with Crippen molar-refractivity contribution in [2.75, 3.05) is 13.1 Å². The summed E-state index contributed by atoms with van der Waals surface area (Å²) in [5.74, 6) is -0.912. The summed E-state index contributed by atoms with van der Waals surface area (Å²) >= 11 is 5.84. The van der Waals surface area contributed by atoms with Crippen LogP contribution in [0.2, 0.25) is 5.02 Å². The molecule has 6 heteroatoms. The minimum atomic E-state index is -0.390. The second kappa shape index (κ2) is 6.72. The van der Waals surface area contributed by atoms with Crippen molar-refractivity contribution in [3.8, 4) is 0 Å². The molecule has 0 unspecified atom stereocenters. The van der Waals surface area contributed by atoms with E-state index in [1.54, 1.807) is 12.1 Å². The Morgan fingerprint density at radius 1 is 1.24 bits per heavy atom. The van der Waals surface area contributed by atoms with Gasteiger partial charge in [-0.1, -0.05) is 24.9 Å². The van der Waals surface area contributed by atoms with Gasteiger partial charge in [0.1, 0.15) is 0 Å². The lowest BCUT2D eigenvalue weighted by Crippen LogP contribution is -2.34. The Morgan fingerprint density at radius 2 is 1.95 bits per heavy atom. The van der Waals surface area contributed by atoms with Crippen LogP contribution in [-0.4, -0.2) is 35.7 Å². The third kappa shape index (κ3) is 3.42. The van der Waals surface area contributed by atoms with Gasteiger partial charge < -0.3 is 5.32 Å². The first-order chi connectivity index (χ1) is 10.0. The monoisotopic (exact) mass is 308 g/mol. The fourth-order valence-corrected chi connectivity index (χ4v) is 2.34. The largest absolute Gasteiger partial charge is 0.356 e. The van der Waals surface area contributed by atoms with Gasteiger partial charge in [-0.3, -0.25) is 19.3 Å². The van der Waals surface area contributed by atoms with Gasteiger partial charge in [-0.15, -0.1) is 0 Å². The Balaban J connectivity index is 1.96. The van der Waals surface area contributed by atoms with Gasteiger partial charge in [0.2, 0.25) is 5.91 Å². The molecule has 1 heterocycles. The number of nitrogens with one attached hydrogen (secondary N) is 1. The smallest absolute Gasteiger partial charge is 0.261 e. The number of halogens is 1. The standard InChI is InChI=1S/C15H17ClN2O3/c1-2-3-7-17-13(19)6-8-18-14(20)11-5-4-10(16)9-12(11)15(18)21/h4-5,9H,2-3,6-8H2,1H3,(H,17,19). The van der Waals surface area contributed by atoms with Crippen LogP contribution >= 0.6 is 11.6 Å². The molecule has 0 aliphatic carbocycles. The van der Waals surface area contributed by atoms with E-state index < -0.39 is 0 Å². The molecule has 2 rings (SSSR count). The number of fused-ring (bicyclic) bond motifs is 1. The molecule has 1 N–H and O–H groups in total. The van der Waals surface area contributed by atoms with Crippen LogP contribution in [0.3, 0.4) is 0 Å². The summed E-state index contributed by atoms with van der Waals surface area (Å²) in [4.78, 5) is 37.0. The maximum Gasteiger partial charge on any atom is 0.261 e. The lowest BCUT2D eigenvalue weighted by Gasteiger charge is -2.13. The number of hydrogen-bond acceptors (Lipinski definition) is 3. The molecule has 0 saturated heterocycles. The normalized spacial score (nSPS) is 13.5. The Labute approximate surface area is 128 Å². The van der Waals surface area contributed by atoms with Gasteiger partial charge in [-0.2, -0.15) is 0 Å². The first kappa shape index (κ1) is 15.5. The molecule has 21 heavy (non-hydrogen) atoms. The van der Waals surface area contributed by atoms with Gasteiger partial charge in [0.05, 0.1) is 11.1 Å². The van der Waals surface area contributed by atoms with Crippen molar-refractivity contribution in [1.29, 1.82) is 0 Å². The Hall–Kier alpha value is -1.88. The zero-order chi connectivity index (χ0) is 15.4. The zero-order valence-corrected chi connectivity index (χ0v) is 12.6. The Kier molecular flexibility index (Phi) is 4.96. The average Bonchev–Trinajstić information content (AvgIpc) is 2.69. The lowest BCUT2D eigenvalue weighted by atomic mass is 10.1. The maximum atomic E-state index is 12.1. The average molecular weight is 309 g/mol. The minimum absolute atomic E-state index is 0.0852. The van der Waals surface area contributed by atoms with Crippen molar-refractivity contribution in [2.45, 2.75) is 26.2 Å². The van der Waals surface area contributed by atoms with Crippen LogP contribution in [-0.2, 0) is 4.79 Å². The number of benzene rings is 1. The van der Waals surface area contributed by atoms with Gasteiger partial charge in [0, 0.05) is 24.5 Å². The molecule has 1 aromatic carbocycles. The van der Waals surface area contributed by atoms with Crippen molar-refractivity contribution in [3.63, 3.8) is 0 Å². The number of nitrogens with zero attached hydrogens (tertiary/aromatic N) is 1. The first-order valence-electron chi connectivity index (χ1n) is 6.97.